The maximum Gasteiger partial charge on any atom is 0.237 e. The zero-order valence-corrected chi connectivity index (χ0v) is 10.0. The van der Waals surface area contributed by atoms with E-state index in [0.29, 0.717) is 11.3 Å². The minimum Gasteiger partial charge on any atom is -0.487 e. The van der Waals surface area contributed by atoms with E-state index in [4.69, 9.17) is 9.88 Å². The van der Waals surface area contributed by atoms with Crippen LogP contribution in [-0.4, -0.2) is 15.0 Å². The van der Waals surface area contributed by atoms with Crippen LogP contribution in [0.2, 0.25) is 0 Å². The summed E-state index contributed by atoms with van der Waals surface area (Å²) < 4.78 is 28.3. The molecule has 0 aliphatic carbocycles. The molecule has 1 aromatic rings. The van der Waals surface area contributed by atoms with Crippen molar-refractivity contribution in [3.05, 3.63) is 33.1 Å². The molecule has 0 fully saturated rings. The Bertz CT molecular complexity index is 536. The molecule has 1 aromatic carbocycles. The van der Waals surface area contributed by atoms with E-state index in [0.717, 1.165) is 4.47 Å². The van der Waals surface area contributed by atoms with E-state index in [1.807, 2.05) is 6.07 Å². The van der Waals surface area contributed by atoms with Crippen LogP contribution in [0.4, 0.5) is 0 Å². The molecule has 0 atom stereocenters. The Morgan fingerprint density at radius 3 is 2.80 bits per heavy atom. The lowest BCUT2D eigenvalue weighted by Gasteiger charge is -2.16. The second-order valence-corrected chi connectivity index (χ2v) is 5.66. The fraction of sp³-hybridized carbons (Fsp3) is 0.111. The van der Waals surface area contributed by atoms with Gasteiger partial charge in [-0.1, -0.05) is 15.9 Å². The van der Waals surface area contributed by atoms with Crippen molar-refractivity contribution in [2.75, 3.05) is 6.61 Å². The van der Waals surface area contributed by atoms with E-state index in [2.05, 4.69) is 15.9 Å². The van der Waals surface area contributed by atoms with Crippen molar-refractivity contribution >= 4 is 32.0 Å². The Hall–Kier alpha value is -0.850. The predicted molar refractivity (Wildman–Crippen MR) is 60.7 cm³/mol. The Morgan fingerprint density at radius 1 is 1.40 bits per heavy atom. The molecule has 0 aromatic heterocycles. The number of sulfonamides is 1. The number of fused-ring (bicyclic) bond motifs is 1. The molecule has 6 heteroatoms. The Morgan fingerprint density at radius 2 is 2.13 bits per heavy atom. The van der Waals surface area contributed by atoms with Crippen LogP contribution in [0.25, 0.3) is 6.08 Å². The highest BCUT2D eigenvalue weighted by Crippen LogP contribution is 2.29. The van der Waals surface area contributed by atoms with Crippen molar-refractivity contribution < 1.29 is 13.2 Å². The SMILES string of the molecule is NS(=O)(=O)C1=Cc2cc(Br)ccc2OC1. The zero-order valence-electron chi connectivity index (χ0n) is 7.60. The molecule has 4 nitrogen and oxygen atoms in total. The quantitative estimate of drug-likeness (QED) is 0.851. The first kappa shape index (κ1) is 10.7. The van der Waals surface area contributed by atoms with Gasteiger partial charge in [0.05, 0.1) is 4.91 Å². The maximum absolute atomic E-state index is 11.1. The van der Waals surface area contributed by atoms with Gasteiger partial charge in [0, 0.05) is 10.0 Å². The van der Waals surface area contributed by atoms with Gasteiger partial charge >= 0.3 is 0 Å². The van der Waals surface area contributed by atoms with Crippen LogP contribution in [0.3, 0.4) is 0 Å². The molecule has 1 aliphatic rings. The summed E-state index contributed by atoms with van der Waals surface area (Å²) >= 11 is 3.30. The van der Waals surface area contributed by atoms with Gasteiger partial charge in [-0.2, -0.15) is 0 Å². The first-order chi connectivity index (χ1) is 6.97. The lowest BCUT2D eigenvalue weighted by atomic mass is 10.1. The number of halogens is 1. The van der Waals surface area contributed by atoms with Gasteiger partial charge in [0.1, 0.15) is 12.4 Å². The Labute approximate surface area is 95.9 Å². The van der Waals surface area contributed by atoms with Crippen molar-refractivity contribution in [2.45, 2.75) is 0 Å². The van der Waals surface area contributed by atoms with Crippen molar-refractivity contribution in [3.63, 3.8) is 0 Å². The summed E-state index contributed by atoms with van der Waals surface area (Å²) in [6, 6.07) is 5.38. The van der Waals surface area contributed by atoms with Crippen molar-refractivity contribution in [3.8, 4) is 5.75 Å². The zero-order chi connectivity index (χ0) is 11.1. The third kappa shape index (κ3) is 2.22. The topological polar surface area (TPSA) is 69.4 Å². The minimum atomic E-state index is -3.66. The number of ether oxygens (including phenoxy) is 1. The van der Waals surface area contributed by atoms with E-state index < -0.39 is 10.0 Å². The van der Waals surface area contributed by atoms with E-state index in [-0.39, 0.29) is 11.5 Å². The molecule has 0 saturated heterocycles. The molecule has 1 aliphatic heterocycles. The van der Waals surface area contributed by atoms with Crippen LogP contribution in [0.1, 0.15) is 5.56 Å². The summed E-state index contributed by atoms with van der Waals surface area (Å²) in [5.74, 6) is 0.658. The lowest BCUT2D eigenvalue weighted by Crippen LogP contribution is -2.21. The summed E-state index contributed by atoms with van der Waals surface area (Å²) in [7, 11) is -3.66. The summed E-state index contributed by atoms with van der Waals surface area (Å²) in [6.45, 7) is -0.00648. The van der Waals surface area contributed by atoms with Gasteiger partial charge < -0.3 is 4.74 Å². The first-order valence-electron chi connectivity index (χ1n) is 4.12. The Balaban J connectivity index is 2.54. The molecule has 2 rings (SSSR count). The predicted octanol–water partition coefficient (Wildman–Crippen LogP) is 1.47. The van der Waals surface area contributed by atoms with Gasteiger partial charge in [-0.3, -0.25) is 0 Å². The summed E-state index contributed by atoms with van der Waals surface area (Å²) in [5, 5.41) is 5.02. The van der Waals surface area contributed by atoms with E-state index in [9.17, 15) is 8.42 Å². The molecule has 0 unspecified atom stereocenters. The molecule has 0 amide bonds. The van der Waals surface area contributed by atoms with Crippen LogP contribution >= 0.6 is 15.9 Å². The van der Waals surface area contributed by atoms with Gasteiger partial charge in [0.15, 0.2) is 0 Å². The highest BCUT2D eigenvalue weighted by Gasteiger charge is 2.19. The molecule has 0 bridgehead atoms. The minimum absolute atomic E-state index is 0.00648. The van der Waals surface area contributed by atoms with E-state index >= 15 is 0 Å². The van der Waals surface area contributed by atoms with Gasteiger partial charge in [-0.15, -0.1) is 0 Å². The fourth-order valence-electron chi connectivity index (χ4n) is 1.29. The molecular weight excluding hydrogens is 282 g/mol. The molecule has 0 saturated carbocycles. The molecule has 80 valence electrons. The number of hydrogen-bond acceptors (Lipinski definition) is 3. The third-order valence-corrected chi connectivity index (χ3v) is 3.48. The van der Waals surface area contributed by atoms with Gasteiger partial charge in [-0.05, 0) is 24.3 Å². The van der Waals surface area contributed by atoms with Gasteiger partial charge in [-0.25, -0.2) is 13.6 Å². The first-order valence-corrected chi connectivity index (χ1v) is 6.46. The molecule has 0 spiro atoms. The second-order valence-electron chi connectivity index (χ2n) is 3.13. The van der Waals surface area contributed by atoms with Crippen LogP contribution in [0.5, 0.6) is 5.75 Å². The maximum atomic E-state index is 11.1. The standard InChI is InChI=1S/C9H8BrNO3S/c10-7-1-2-9-6(3-7)4-8(5-14-9)15(11,12)13/h1-4H,5H2,(H2,11,12,13). The molecular formula is C9H8BrNO3S. The molecule has 15 heavy (non-hydrogen) atoms. The third-order valence-electron chi connectivity index (χ3n) is 2.02. The van der Waals surface area contributed by atoms with Crippen molar-refractivity contribution in [1.29, 1.82) is 0 Å². The monoisotopic (exact) mass is 289 g/mol. The lowest BCUT2D eigenvalue weighted by molar-refractivity contribution is 0.353. The second kappa shape index (κ2) is 3.62. The van der Waals surface area contributed by atoms with Crippen LogP contribution < -0.4 is 9.88 Å². The Kier molecular flexibility index (Phi) is 2.57. The van der Waals surface area contributed by atoms with Crippen LogP contribution in [0.15, 0.2) is 27.6 Å². The van der Waals surface area contributed by atoms with Crippen LogP contribution in [-0.2, 0) is 10.0 Å². The normalized spacial score (nSPS) is 15.2. The smallest absolute Gasteiger partial charge is 0.237 e. The largest absolute Gasteiger partial charge is 0.487 e. The van der Waals surface area contributed by atoms with Gasteiger partial charge in [0.25, 0.3) is 0 Å². The number of nitrogens with two attached hydrogens (primary N) is 1. The van der Waals surface area contributed by atoms with Gasteiger partial charge in [0.2, 0.25) is 10.0 Å². The average Bonchev–Trinajstić information content (AvgIpc) is 2.15. The van der Waals surface area contributed by atoms with Crippen molar-refractivity contribution in [2.24, 2.45) is 5.14 Å². The number of primary sulfonamides is 1. The summed E-state index contributed by atoms with van der Waals surface area (Å²) in [6.07, 6.45) is 1.53. The fourth-order valence-corrected chi connectivity index (χ4v) is 2.19. The molecule has 2 N–H and O–H groups in total. The molecule has 0 radical (unpaired) electrons. The number of rotatable bonds is 1. The molecule has 1 heterocycles. The highest BCUT2D eigenvalue weighted by molar-refractivity contribution is 9.10. The van der Waals surface area contributed by atoms with Crippen molar-refractivity contribution in [1.82, 2.24) is 0 Å². The van der Waals surface area contributed by atoms with Crippen LogP contribution in [0, 0.1) is 0 Å². The van der Waals surface area contributed by atoms with E-state index in [1.54, 1.807) is 12.1 Å². The van der Waals surface area contributed by atoms with E-state index in [1.165, 1.54) is 6.08 Å². The number of hydrogen-bond donors (Lipinski definition) is 1. The summed E-state index contributed by atoms with van der Waals surface area (Å²) in [5.41, 5.74) is 0.708. The summed E-state index contributed by atoms with van der Waals surface area (Å²) in [4.78, 5) is 0.0908. The number of benzene rings is 1. The highest BCUT2D eigenvalue weighted by atomic mass is 79.9. The average molecular weight is 290 g/mol.